The Morgan fingerprint density at radius 3 is 2.68 bits per heavy atom. The summed E-state index contributed by atoms with van der Waals surface area (Å²) in [5.41, 5.74) is 6.35. The summed E-state index contributed by atoms with van der Waals surface area (Å²) < 4.78 is 26.3. The third kappa shape index (κ3) is 3.42. The van der Waals surface area contributed by atoms with Gasteiger partial charge in [0, 0.05) is 19.1 Å². The summed E-state index contributed by atoms with van der Waals surface area (Å²) in [6.45, 7) is 2.63. The molecule has 8 heteroatoms. The third-order valence-corrected chi connectivity index (χ3v) is 5.04. The van der Waals surface area contributed by atoms with Crippen LogP contribution < -0.4 is 5.73 Å². The van der Waals surface area contributed by atoms with E-state index in [9.17, 15) is 8.42 Å². The van der Waals surface area contributed by atoms with Crippen LogP contribution in [0.4, 0.5) is 0 Å². The molecule has 1 unspecified atom stereocenters. The van der Waals surface area contributed by atoms with E-state index in [2.05, 4.69) is 10.2 Å². The van der Waals surface area contributed by atoms with Crippen molar-refractivity contribution in [1.82, 2.24) is 14.5 Å². The molecule has 0 aromatic carbocycles. The topological polar surface area (TPSA) is 89.2 Å². The minimum absolute atomic E-state index is 0. The molecule has 1 saturated heterocycles. The number of sulfonamides is 1. The van der Waals surface area contributed by atoms with Gasteiger partial charge < -0.3 is 5.73 Å². The molecule has 1 fully saturated rings. The standard InChI is InChI=1S/C11H18N4O2S.ClH/c1-9-5-6-11(14-13-9)18(16,17)15-7-3-2-4-10(15)8-12;/h5-6,10H,2-4,7-8,12H2,1H3;1H. The Bertz CT molecular complexity index is 506. The number of aromatic nitrogens is 2. The molecule has 0 aliphatic carbocycles. The van der Waals surface area contributed by atoms with Gasteiger partial charge in [0.1, 0.15) is 0 Å². The highest BCUT2D eigenvalue weighted by molar-refractivity contribution is 7.89. The van der Waals surface area contributed by atoms with Crippen molar-refractivity contribution in [3.8, 4) is 0 Å². The van der Waals surface area contributed by atoms with Crippen LogP contribution in [-0.4, -0.2) is 42.1 Å². The lowest BCUT2D eigenvalue weighted by Crippen LogP contribution is -2.47. The molecular formula is C11H19ClN4O2S. The second kappa shape index (κ2) is 6.60. The lowest BCUT2D eigenvalue weighted by atomic mass is 10.1. The van der Waals surface area contributed by atoms with Crippen LogP contribution in [-0.2, 0) is 10.0 Å². The van der Waals surface area contributed by atoms with Gasteiger partial charge in [0.25, 0.3) is 10.0 Å². The number of rotatable bonds is 3. The minimum Gasteiger partial charge on any atom is -0.329 e. The lowest BCUT2D eigenvalue weighted by molar-refractivity contribution is 0.256. The van der Waals surface area contributed by atoms with Crippen molar-refractivity contribution in [3.05, 3.63) is 17.8 Å². The Kier molecular flexibility index (Phi) is 5.66. The summed E-state index contributed by atoms with van der Waals surface area (Å²) in [7, 11) is -3.56. The maximum Gasteiger partial charge on any atom is 0.262 e. The fraction of sp³-hybridized carbons (Fsp3) is 0.636. The second-order valence-corrected chi connectivity index (χ2v) is 6.35. The maximum absolute atomic E-state index is 12.4. The molecule has 0 spiro atoms. The molecule has 1 aliphatic rings. The van der Waals surface area contributed by atoms with Crippen LogP contribution in [0.5, 0.6) is 0 Å². The maximum atomic E-state index is 12.4. The first-order valence-electron chi connectivity index (χ1n) is 6.08. The van der Waals surface area contributed by atoms with Crippen LogP contribution in [0.15, 0.2) is 17.2 Å². The van der Waals surface area contributed by atoms with Crippen molar-refractivity contribution in [2.45, 2.75) is 37.3 Å². The van der Waals surface area contributed by atoms with Gasteiger partial charge in [0.05, 0.1) is 5.69 Å². The van der Waals surface area contributed by atoms with E-state index < -0.39 is 10.0 Å². The molecule has 0 amide bonds. The van der Waals surface area contributed by atoms with Gasteiger partial charge in [-0.2, -0.15) is 9.40 Å². The van der Waals surface area contributed by atoms with E-state index in [1.54, 1.807) is 13.0 Å². The predicted molar refractivity (Wildman–Crippen MR) is 74.6 cm³/mol. The Balaban J connectivity index is 0.00000180. The first-order chi connectivity index (χ1) is 8.55. The van der Waals surface area contributed by atoms with Gasteiger partial charge in [-0.25, -0.2) is 8.42 Å². The minimum atomic E-state index is -3.56. The zero-order valence-electron chi connectivity index (χ0n) is 10.8. The molecule has 1 aromatic heterocycles. The lowest BCUT2D eigenvalue weighted by Gasteiger charge is -2.33. The normalized spacial score (nSPS) is 20.8. The van der Waals surface area contributed by atoms with E-state index >= 15 is 0 Å². The number of halogens is 1. The predicted octanol–water partition coefficient (Wildman–Crippen LogP) is 0.709. The highest BCUT2D eigenvalue weighted by Crippen LogP contribution is 2.23. The molecular weight excluding hydrogens is 288 g/mol. The van der Waals surface area contributed by atoms with Crippen LogP contribution in [0.3, 0.4) is 0 Å². The fourth-order valence-corrected chi connectivity index (χ4v) is 3.75. The van der Waals surface area contributed by atoms with Gasteiger partial charge >= 0.3 is 0 Å². The van der Waals surface area contributed by atoms with Crippen LogP contribution in [0, 0.1) is 6.92 Å². The van der Waals surface area contributed by atoms with Crippen LogP contribution >= 0.6 is 12.4 Å². The Morgan fingerprint density at radius 1 is 1.37 bits per heavy atom. The zero-order valence-corrected chi connectivity index (χ0v) is 12.5. The van der Waals surface area contributed by atoms with Gasteiger partial charge in [-0.3, -0.25) is 0 Å². The molecule has 1 aliphatic heterocycles. The molecule has 2 heterocycles. The number of hydrogen-bond donors (Lipinski definition) is 1. The molecule has 1 atom stereocenters. The van der Waals surface area contributed by atoms with Crippen molar-refractivity contribution >= 4 is 22.4 Å². The van der Waals surface area contributed by atoms with E-state index in [0.717, 1.165) is 19.3 Å². The average Bonchev–Trinajstić information content (AvgIpc) is 2.39. The summed E-state index contributed by atoms with van der Waals surface area (Å²) >= 11 is 0. The quantitative estimate of drug-likeness (QED) is 0.888. The van der Waals surface area contributed by atoms with Crippen LogP contribution in [0.25, 0.3) is 0 Å². The van der Waals surface area contributed by atoms with E-state index in [0.29, 0.717) is 18.8 Å². The monoisotopic (exact) mass is 306 g/mol. The fourth-order valence-electron chi connectivity index (χ4n) is 2.17. The van der Waals surface area contributed by atoms with Gasteiger partial charge in [-0.15, -0.1) is 17.5 Å². The Hall–Kier alpha value is -0.760. The van der Waals surface area contributed by atoms with Crippen molar-refractivity contribution in [3.63, 3.8) is 0 Å². The number of aryl methyl sites for hydroxylation is 1. The summed E-state index contributed by atoms with van der Waals surface area (Å²) in [6.07, 6.45) is 2.71. The zero-order chi connectivity index (χ0) is 13.2. The van der Waals surface area contributed by atoms with Gasteiger partial charge in [0.15, 0.2) is 5.03 Å². The SMILES string of the molecule is Cc1ccc(S(=O)(=O)N2CCCCC2CN)nn1.Cl. The average molecular weight is 307 g/mol. The largest absolute Gasteiger partial charge is 0.329 e. The molecule has 0 bridgehead atoms. The molecule has 1 aromatic rings. The molecule has 2 N–H and O–H groups in total. The number of hydrogen-bond acceptors (Lipinski definition) is 5. The summed E-state index contributed by atoms with van der Waals surface area (Å²) in [4.78, 5) is 0. The third-order valence-electron chi connectivity index (χ3n) is 3.19. The molecule has 19 heavy (non-hydrogen) atoms. The summed E-state index contributed by atoms with van der Waals surface area (Å²) in [5, 5.41) is 7.59. The number of nitrogens with zero attached hydrogens (tertiary/aromatic N) is 3. The van der Waals surface area contributed by atoms with Gasteiger partial charge in [-0.1, -0.05) is 6.42 Å². The first kappa shape index (κ1) is 16.3. The van der Waals surface area contributed by atoms with E-state index in [1.807, 2.05) is 0 Å². The molecule has 2 rings (SSSR count). The molecule has 0 radical (unpaired) electrons. The Labute approximate surface area is 119 Å². The Morgan fingerprint density at radius 2 is 2.11 bits per heavy atom. The van der Waals surface area contributed by atoms with Gasteiger partial charge in [0.2, 0.25) is 0 Å². The first-order valence-corrected chi connectivity index (χ1v) is 7.52. The van der Waals surface area contributed by atoms with Crippen molar-refractivity contribution in [1.29, 1.82) is 0 Å². The van der Waals surface area contributed by atoms with E-state index in [-0.39, 0.29) is 23.5 Å². The van der Waals surface area contributed by atoms with Crippen molar-refractivity contribution in [2.75, 3.05) is 13.1 Å². The molecule has 108 valence electrons. The van der Waals surface area contributed by atoms with Crippen molar-refractivity contribution < 1.29 is 8.42 Å². The van der Waals surface area contributed by atoms with Gasteiger partial charge in [-0.05, 0) is 31.9 Å². The molecule has 0 saturated carbocycles. The molecule has 6 nitrogen and oxygen atoms in total. The summed E-state index contributed by atoms with van der Waals surface area (Å²) in [5.74, 6) is 0. The van der Waals surface area contributed by atoms with E-state index in [1.165, 1.54) is 10.4 Å². The second-order valence-electron chi connectivity index (χ2n) is 4.51. The smallest absolute Gasteiger partial charge is 0.262 e. The van der Waals surface area contributed by atoms with Crippen molar-refractivity contribution in [2.24, 2.45) is 5.73 Å². The number of nitrogens with two attached hydrogens (primary N) is 1. The van der Waals surface area contributed by atoms with Crippen LogP contribution in [0.2, 0.25) is 0 Å². The highest BCUT2D eigenvalue weighted by Gasteiger charge is 2.33. The number of piperidine rings is 1. The summed E-state index contributed by atoms with van der Waals surface area (Å²) in [6, 6.07) is 3.04. The van der Waals surface area contributed by atoms with Crippen LogP contribution in [0.1, 0.15) is 25.0 Å². The highest BCUT2D eigenvalue weighted by atomic mass is 35.5. The van der Waals surface area contributed by atoms with E-state index in [4.69, 9.17) is 5.73 Å².